The van der Waals surface area contributed by atoms with Gasteiger partial charge in [-0.3, -0.25) is 24.7 Å². The van der Waals surface area contributed by atoms with Gasteiger partial charge in [-0.15, -0.1) is 0 Å². The zero-order chi connectivity index (χ0) is 68.8. The van der Waals surface area contributed by atoms with Gasteiger partial charge in [0.05, 0.1) is 11.7 Å². The van der Waals surface area contributed by atoms with Crippen LogP contribution in [0.25, 0.3) is 33.5 Å². The molecule has 24 heteroatoms. The van der Waals surface area contributed by atoms with Gasteiger partial charge in [-0.2, -0.15) is 3.89 Å². The van der Waals surface area contributed by atoms with Crippen molar-refractivity contribution < 1.29 is 18.3 Å². The zero-order valence-electron chi connectivity index (χ0n) is 57.4. The summed E-state index contributed by atoms with van der Waals surface area (Å²) in [6.07, 6.45) is 48.1. The molecule has 534 valence electrons. The first-order chi connectivity index (χ1) is 48.3. The second-order valence-corrected chi connectivity index (χ2v) is 33.4. The summed E-state index contributed by atoms with van der Waals surface area (Å²) >= 11 is 17.6. The summed E-state index contributed by atoms with van der Waals surface area (Å²) < 4.78 is 21.9. The predicted molar refractivity (Wildman–Crippen MR) is 413 cm³/mol. The number of imide groups is 1. The minimum Gasteiger partial charge on any atom is -0.353 e. The third-order valence-corrected chi connectivity index (χ3v) is 25.1. The van der Waals surface area contributed by atoms with E-state index in [1.165, 1.54) is 210 Å². The van der Waals surface area contributed by atoms with Crippen LogP contribution in [0.3, 0.4) is 0 Å². The number of pyridine rings is 4. The molecule has 7 aromatic heterocycles. The molecule has 5 saturated carbocycles. The van der Waals surface area contributed by atoms with Crippen molar-refractivity contribution in [3.05, 3.63) is 89.0 Å². The number of aromatic nitrogens is 10. The van der Waals surface area contributed by atoms with Crippen LogP contribution in [0.15, 0.2) is 76.5 Å². The number of amidine groups is 1. The number of rotatable bonds is 6. The summed E-state index contributed by atoms with van der Waals surface area (Å²) in [6.45, 7) is 0. The molecule has 3 amide bonds. The van der Waals surface area contributed by atoms with Crippen molar-refractivity contribution in [1.29, 1.82) is 0 Å². The van der Waals surface area contributed by atoms with E-state index in [9.17, 15) is 18.3 Å². The number of nitrogens with one attached hydrogen (secondary N) is 3. The van der Waals surface area contributed by atoms with E-state index in [0.29, 0.717) is 43.1 Å². The summed E-state index contributed by atoms with van der Waals surface area (Å²) in [5, 5.41) is 8.65. The Balaban J connectivity index is 0.000000114. The van der Waals surface area contributed by atoms with Crippen LogP contribution < -0.4 is 16.0 Å². The van der Waals surface area contributed by atoms with Gasteiger partial charge in [0, 0.05) is 87.5 Å². The Hall–Kier alpha value is -4.23. The molecule has 17 nitrogen and oxygen atoms in total. The van der Waals surface area contributed by atoms with Gasteiger partial charge in [-0.05, 0) is 254 Å². The fourth-order valence-corrected chi connectivity index (χ4v) is 19.8. The van der Waals surface area contributed by atoms with Crippen LogP contribution in [0.1, 0.15) is 254 Å². The van der Waals surface area contributed by atoms with Gasteiger partial charge >= 0.3 is 0 Å². The van der Waals surface area contributed by atoms with Crippen molar-refractivity contribution in [2.75, 3.05) is 11.6 Å². The Bertz CT molecular complexity index is 3620. The highest BCUT2D eigenvalue weighted by Gasteiger charge is 2.37. The standard InChI is InChI=1S/C15H19Br2N3.3C15H18BrN3.C10H17NO.C4H5NO2.CH3FS/c16-13-8-6-12(15(17)20-13)19-14-9-7-11(18-14)10-4-2-1-3-5-10;3*16-13-8-6-11-15(18-13)19-12(7-9-14(19)17-11)10-4-2-1-3-5-10;12-10-7-6-9(11-10)8-4-2-1-3-5-8;6-3-1-2-4(7)5-3;1-3-2/h6,8,10-11H,1-5,7,9H2,(H,18,19);3*6,8,10,12H,1-5,7,9H2;8-9H,1-7H2,(H,11,12);1-2H2,(H,5,6,7);1H3/t;2*12-;;;;/m.10..../s1. The summed E-state index contributed by atoms with van der Waals surface area (Å²) in [7, 11) is 0. The van der Waals surface area contributed by atoms with Crippen LogP contribution in [0, 0.1) is 29.6 Å². The van der Waals surface area contributed by atoms with Gasteiger partial charge < -0.3 is 24.3 Å². The number of aliphatic imine (C=N–C) groups is 1. The van der Waals surface area contributed by atoms with Crippen molar-refractivity contribution in [2.24, 2.45) is 34.6 Å². The van der Waals surface area contributed by atoms with E-state index >= 15 is 0 Å². The Kier molecular flexibility index (Phi) is 27.4. The molecule has 0 aromatic carbocycles. The highest BCUT2D eigenvalue weighted by atomic mass is 79.9. The second kappa shape index (κ2) is 36.5. The topological polar surface area (TPSA) is 205 Å². The SMILES string of the molecule is Brc1ccc(NC2=NC(C3CCCCC3)CC2)c(Br)n1.Brc1ccc2nc3n(c2n1)C(C1CCCCC1)CC3.Brc1ccc2nc3n(c2n1)[C@@H](C1CCCCC1)CC3.Brc1ccc2nc3n(c2n1)[C@H](C1CCCCC1)CC3.CSF.O=C1CCC(=O)N1.O=C1CCC(C2CCCCC2)N1. The lowest BCUT2D eigenvalue weighted by Gasteiger charge is -2.28. The molecule has 3 unspecified atom stereocenters. The van der Waals surface area contributed by atoms with Gasteiger partial charge in [-0.25, -0.2) is 34.9 Å². The molecule has 7 fully saturated rings. The molecule has 0 radical (unpaired) electrons. The number of fused-ring (bicyclic) bond motifs is 9. The molecule has 7 aromatic rings. The number of nitrogens with zero attached hydrogens (tertiary/aromatic N) is 11. The third-order valence-electron chi connectivity index (χ3n) is 22.7. The smallest absolute Gasteiger partial charge is 0.227 e. The number of carbonyl (C=O) groups is 3. The molecule has 3 N–H and O–H groups in total. The van der Waals surface area contributed by atoms with Crippen molar-refractivity contribution >= 4 is 155 Å². The van der Waals surface area contributed by atoms with E-state index in [1.807, 2.05) is 30.3 Å². The van der Waals surface area contributed by atoms with E-state index in [4.69, 9.17) is 19.9 Å². The maximum atomic E-state index is 11.0. The average Bonchev–Trinajstić information content (AvgIpc) is 1.62. The van der Waals surface area contributed by atoms with Crippen LogP contribution in [-0.2, 0) is 33.6 Å². The van der Waals surface area contributed by atoms with Crippen molar-refractivity contribution in [3.63, 3.8) is 0 Å². The molecule has 2 saturated heterocycles. The number of imidazole rings is 3. The maximum absolute atomic E-state index is 11.0. The van der Waals surface area contributed by atoms with E-state index in [1.54, 1.807) is 0 Å². The molecule has 6 aliphatic heterocycles. The molecule has 99 heavy (non-hydrogen) atoms. The first-order valence-corrected chi connectivity index (χ1v) is 42.4. The number of amides is 3. The zero-order valence-corrected chi connectivity index (χ0v) is 66.1. The van der Waals surface area contributed by atoms with Crippen molar-refractivity contribution in [2.45, 2.75) is 268 Å². The molecular formula is C75H98Br5FN14O3S. The molecule has 0 spiro atoms. The second-order valence-electron chi connectivity index (χ2n) is 29.1. The Morgan fingerprint density at radius 2 is 0.768 bits per heavy atom. The van der Waals surface area contributed by atoms with Crippen LogP contribution in [0.4, 0.5) is 9.57 Å². The Morgan fingerprint density at radius 3 is 1.12 bits per heavy atom. The first-order valence-electron chi connectivity index (χ1n) is 37.3. The number of hydrogen-bond acceptors (Lipinski definition) is 13. The van der Waals surface area contributed by atoms with Gasteiger partial charge in [0.1, 0.15) is 62.9 Å². The Labute approximate surface area is 629 Å². The molecule has 0 bridgehead atoms. The van der Waals surface area contributed by atoms with E-state index in [2.05, 4.69) is 147 Å². The molecule has 5 atom stereocenters. The van der Waals surface area contributed by atoms with Crippen LogP contribution in [0.5, 0.6) is 0 Å². The van der Waals surface area contributed by atoms with Crippen LogP contribution >= 0.6 is 91.8 Å². The highest BCUT2D eigenvalue weighted by Crippen LogP contribution is 2.45. The van der Waals surface area contributed by atoms with Gasteiger partial charge in [0.2, 0.25) is 17.7 Å². The van der Waals surface area contributed by atoms with E-state index < -0.39 is 0 Å². The van der Waals surface area contributed by atoms with Crippen LogP contribution in [0.2, 0.25) is 0 Å². The summed E-state index contributed by atoms with van der Waals surface area (Å²) in [4.78, 5) is 68.8. The summed E-state index contributed by atoms with van der Waals surface area (Å²) in [6, 6.07) is 19.2. The lowest BCUT2D eigenvalue weighted by Crippen LogP contribution is -2.33. The summed E-state index contributed by atoms with van der Waals surface area (Å²) in [5.41, 5.74) is 7.40. The van der Waals surface area contributed by atoms with Gasteiger partial charge in [-0.1, -0.05) is 96.3 Å². The molecule has 13 heterocycles. The lowest BCUT2D eigenvalue weighted by molar-refractivity contribution is -0.125. The van der Waals surface area contributed by atoms with Gasteiger partial charge in [0.15, 0.2) is 16.9 Å². The average molecular weight is 1690 g/mol. The molecular weight excluding hydrogens is 1600 g/mol. The fourth-order valence-electron chi connectivity index (χ4n) is 17.9. The molecule has 11 aliphatic rings. The summed E-state index contributed by atoms with van der Waals surface area (Å²) in [5.74, 6) is 8.96. The first kappa shape index (κ1) is 74.5. The maximum Gasteiger partial charge on any atom is 0.227 e. The fraction of sp³-hybridized carbons (Fsp3) is 0.640. The van der Waals surface area contributed by atoms with E-state index in [-0.39, 0.29) is 29.9 Å². The van der Waals surface area contributed by atoms with Crippen molar-refractivity contribution in [3.8, 4) is 0 Å². The quantitative estimate of drug-likeness (QED) is 0.105. The lowest BCUT2D eigenvalue weighted by atomic mass is 9.83. The Morgan fingerprint density at radius 1 is 0.404 bits per heavy atom. The van der Waals surface area contributed by atoms with Crippen LogP contribution in [-0.4, -0.2) is 90.5 Å². The molecule has 18 rings (SSSR count). The third kappa shape index (κ3) is 19.4. The number of hydrogen-bond donors (Lipinski definition) is 3. The molecule has 5 aliphatic carbocycles. The van der Waals surface area contributed by atoms with E-state index in [0.717, 1.165) is 136 Å². The number of aryl methyl sites for hydroxylation is 3. The van der Waals surface area contributed by atoms with Crippen molar-refractivity contribution in [1.82, 2.24) is 59.2 Å². The minimum atomic E-state index is -0.148. The number of carbonyl (C=O) groups excluding carboxylic acids is 3. The van der Waals surface area contributed by atoms with Gasteiger partial charge in [0.25, 0.3) is 0 Å². The highest BCUT2D eigenvalue weighted by molar-refractivity contribution is 9.11. The monoisotopic (exact) mass is 1690 g/mol. The predicted octanol–water partition coefficient (Wildman–Crippen LogP) is 20.4. The number of halogens is 6. The number of anilines is 1. The minimum absolute atomic E-state index is 0.148. The normalized spacial score (nSPS) is 24.1. The largest absolute Gasteiger partial charge is 0.353 e.